The van der Waals surface area contributed by atoms with Gasteiger partial charge in [0.2, 0.25) is 0 Å². The van der Waals surface area contributed by atoms with Crippen molar-refractivity contribution < 1.29 is 0 Å². The maximum absolute atomic E-state index is 5.39. The average molecular weight is 321 g/mol. The molecule has 0 saturated carbocycles. The molecular weight excluding hydrogens is 304 g/mol. The first-order valence-electron chi connectivity index (χ1n) is 6.02. The number of nitrogens with zero attached hydrogens (tertiary/aromatic N) is 2. The molecule has 0 aliphatic heterocycles. The first kappa shape index (κ1) is 14.0. The molecule has 3 N–H and O–H groups in total. The van der Waals surface area contributed by atoms with Crippen molar-refractivity contribution in [1.82, 2.24) is 9.88 Å². The molecule has 2 aromatic rings. The molecule has 0 spiro atoms. The van der Waals surface area contributed by atoms with Crippen LogP contribution in [0.5, 0.6) is 0 Å². The van der Waals surface area contributed by atoms with Crippen molar-refractivity contribution in [3.8, 4) is 0 Å². The maximum Gasteiger partial charge on any atom is 0.0564 e. The summed E-state index contributed by atoms with van der Waals surface area (Å²) in [5.41, 5.74) is 5.77. The molecule has 0 saturated heterocycles. The van der Waals surface area contributed by atoms with Crippen molar-refractivity contribution in [3.63, 3.8) is 0 Å². The lowest BCUT2D eigenvalue weighted by atomic mass is 10.2. The van der Waals surface area contributed by atoms with Gasteiger partial charge in [0.15, 0.2) is 0 Å². The Labute approximate surface area is 121 Å². The second kappa shape index (κ2) is 6.65. The molecule has 1 aromatic carbocycles. The molecule has 1 aromatic heterocycles. The fourth-order valence-corrected chi connectivity index (χ4v) is 2.38. The minimum Gasteiger partial charge on any atom is -0.324 e. The monoisotopic (exact) mass is 320 g/mol. The van der Waals surface area contributed by atoms with Crippen LogP contribution in [0.4, 0.5) is 5.69 Å². The lowest BCUT2D eigenvalue weighted by molar-refractivity contribution is 0.315. The van der Waals surface area contributed by atoms with E-state index in [9.17, 15) is 0 Å². The van der Waals surface area contributed by atoms with Gasteiger partial charge in [0.1, 0.15) is 0 Å². The molecule has 1 heterocycles. The van der Waals surface area contributed by atoms with Crippen molar-refractivity contribution in [1.29, 1.82) is 0 Å². The molecule has 5 heteroatoms. The van der Waals surface area contributed by atoms with E-state index in [1.54, 1.807) is 6.20 Å². The summed E-state index contributed by atoms with van der Waals surface area (Å²) >= 11 is 3.48. The quantitative estimate of drug-likeness (QED) is 0.657. The normalized spacial score (nSPS) is 10.7. The van der Waals surface area contributed by atoms with Crippen molar-refractivity contribution in [2.24, 2.45) is 5.84 Å². The number of nitrogen functional groups attached to an aromatic ring is 1. The Morgan fingerprint density at radius 1 is 1.26 bits per heavy atom. The van der Waals surface area contributed by atoms with Crippen molar-refractivity contribution in [2.75, 3.05) is 12.5 Å². The molecule has 19 heavy (non-hydrogen) atoms. The van der Waals surface area contributed by atoms with Gasteiger partial charge in [-0.3, -0.25) is 15.7 Å². The van der Waals surface area contributed by atoms with Gasteiger partial charge >= 0.3 is 0 Å². The highest BCUT2D eigenvalue weighted by Gasteiger charge is 2.04. The smallest absolute Gasteiger partial charge is 0.0564 e. The predicted molar refractivity (Wildman–Crippen MR) is 81.4 cm³/mol. The number of hydrazine groups is 1. The molecule has 0 amide bonds. The highest BCUT2D eigenvalue weighted by atomic mass is 79.9. The molecule has 0 fully saturated rings. The number of aromatic nitrogens is 1. The molecular formula is C14H17BrN4. The maximum atomic E-state index is 5.39. The van der Waals surface area contributed by atoms with E-state index in [-0.39, 0.29) is 0 Å². The van der Waals surface area contributed by atoms with E-state index < -0.39 is 0 Å². The molecule has 0 radical (unpaired) electrons. The van der Waals surface area contributed by atoms with Gasteiger partial charge in [-0.25, -0.2) is 0 Å². The van der Waals surface area contributed by atoms with E-state index in [4.69, 9.17) is 5.84 Å². The van der Waals surface area contributed by atoms with Gasteiger partial charge in [0.05, 0.1) is 11.4 Å². The van der Waals surface area contributed by atoms with Crippen LogP contribution in [0.3, 0.4) is 0 Å². The SMILES string of the molecule is CN(Cc1cccc(Br)c1)Cc1cc(NN)ccn1. The van der Waals surface area contributed by atoms with Crippen LogP contribution in [0.2, 0.25) is 0 Å². The van der Waals surface area contributed by atoms with E-state index in [1.807, 2.05) is 24.3 Å². The van der Waals surface area contributed by atoms with E-state index in [0.717, 1.165) is 28.9 Å². The Kier molecular flexibility index (Phi) is 4.90. The Bertz CT molecular complexity index is 544. The molecule has 2 rings (SSSR count). The van der Waals surface area contributed by atoms with Gasteiger partial charge in [0, 0.05) is 23.8 Å². The first-order valence-corrected chi connectivity index (χ1v) is 6.81. The number of hydrogen-bond acceptors (Lipinski definition) is 4. The van der Waals surface area contributed by atoms with Crippen LogP contribution < -0.4 is 11.3 Å². The van der Waals surface area contributed by atoms with Crippen LogP contribution in [0.1, 0.15) is 11.3 Å². The topological polar surface area (TPSA) is 54.2 Å². The fraction of sp³-hybridized carbons (Fsp3) is 0.214. The minimum atomic E-state index is 0.780. The van der Waals surface area contributed by atoms with Gasteiger partial charge in [-0.15, -0.1) is 0 Å². The summed E-state index contributed by atoms with van der Waals surface area (Å²) in [6, 6.07) is 12.1. The van der Waals surface area contributed by atoms with Crippen LogP contribution in [0.15, 0.2) is 47.1 Å². The Morgan fingerprint density at radius 3 is 2.84 bits per heavy atom. The number of nitrogens with one attached hydrogen (secondary N) is 1. The number of hydrogen-bond donors (Lipinski definition) is 2. The third-order valence-electron chi connectivity index (χ3n) is 2.76. The molecule has 4 nitrogen and oxygen atoms in total. The van der Waals surface area contributed by atoms with E-state index in [1.165, 1.54) is 5.56 Å². The Balaban J connectivity index is 1.98. The first-order chi connectivity index (χ1) is 9.17. The third kappa shape index (κ3) is 4.31. The van der Waals surface area contributed by atoms with Gasteiger partial charge in [-0.1, -0.05) is 28.1 Å². The highest BCUT2D eigenvalue weighted by Crippen LogP contribution is 2.14. The number of anilines is 1. The van der Waals surface area contributed by atoms with Crippen LogP contribution in [-0.2, 0) is 13.1 Å². The molecule has 0 bridgehead atoms. The van der Waals surface area contributed by atoms with E-state index >= 15 is 0 Å². The summed E-state index contributed by atoms with van der Waals surface area (Å²) < 4.78 is 1.10. The molecule has 0 aliphatic rings. The second-order valence-corrected chi connectivity index (χ2v) is 5.40. The summed E-state index contributed by atoms with van der Waals surface area (Å²) in [6.07, 6.45) is 1.76. The molecule has 0 unspecified atom stereocenters. The zero-order valence-corrected chi connectivity index (χ0v) is 12.4. The summed E-state index contributed by atoms with van der Waals surface area (Å²) in [4.78, 5) is 6.55. The van der Waals surface area contributed by atoms with Crippen LogP contribution in [0.25, 0.3) is 0 Å². The summed E-state index contributed by atoms with van der Waals surface area (Å²) in [7, 11) is 2.07. The molecule has 100 valence electrons. The molecule has 0 aliphatic carbocycles. The van der Waals surface area contributed by atoms with Gasteiger partial charge < -0.3 is 5.43 Å². The summed E-state index contributed by atoms with van der Waals surface area (Å²) in [5.74, 6) is 5.39. The van der Waals surface area contributed by atoms with Crippen LogP contribution >= 0.6 is 15.9 Å². The van der Waals surface area contributed by atoms with Crippen LogP contribution in [-0.4, -0.2) is 16.9 Å². The lowest BCUT2D eigenvalue weighted by Crippen LogP contribution is -2.18. The fourth-order valence-electron chi connectivity index (χ4n) is 1.93. The van der Waals surface area contributed by atoms with Crippen molar-refractivity contribution in [2.45, 2.75) is 13.1 Å². The Morgan fingerprint density at radius 2 is 2.11 bits per heavy atom. The van der Waals surface area contributed by atoms with Crippen molar-refractivity contribution in [3.05, 3.63) is 58.3 Å². The number of halogens is 1. The molecule has 0 atom stereocenters. The lowest BCUT2D eigenvalue weighted by Gasteiger charge is -2.16. The van der Waals surface area contributed by atoms with Gasteiger partial charge in [-0.05, 0) is 36.9 Å². The van der Waals surface area contributed by atoms with Gasteiger partial charge in [0.25, 0.3) is 0 Å². The van der Waals surface area contributed by atoms with E-state index in [2.05, 4.69) is 50.4 Å². The van der Waals surface area contributed by atoms with Crippen molar-refractivity contribution >= 4 is 21.6 Å². The summed E-state index contributed by atoms with van der Waals surface area (Å²) in [6.45, 7) is 1.66. The summed E-state index contributed by atoms with van der Waals surface area (Å²) in [5, 5.41) is 0. The Hall–Kier alpha value is -1.43. The zero-order valence-electron chi connectivity index (χ0n) is 10.8. The largest absolute Gasteiger partial charge is 0.324 e. The standard InChI is InChI=1S/C14H17BrN4/c1-19(9-11-3-2-4-12(15)7-11)10-14-8-13(18-16)5-6-17-14/h2-8H,9-10,16H2,1H3,(H,17,18). The second-order valence-electron chi connectivity index (χ2n) is 4.48. The number of benzene rings is 1. The van der Waals surface area contributed by atoms with E-state index in [0.29, 0.717) is 0 Å². The number of nitrogens with two attached hydrogens (primary N) is 1. The third-order valence-corrected chi connectivity index (χ3v) is 3.25. The number of rotatable bonds is 5. The predicted octanol–water partition coefficient (Wildman–Crippen LogP) is 2.76. The highest BCUT2D eigenvalue weighted by molar-refractivity contribution is 9.10. The average Bonchev–Trinajstić information content (AvgIpc) is 2.38. The number of pyridine rings is 1. The zero-order chi connectivity index (χ0) is 13.7. The van der Waals surface area contributed by atoms with Crippen LogP contribution in [0, 0.1) is 0 Å². The van der Waals surface area contributed by atoms with Gasteiger partial charge in [-0.2, -0.15) is 0 Å². The minimum absolute atomic E-state index is 0.780.